The molecule has 3 heteroatoms. The monoisotopic (exact) mass is 241 g/mol. The van der Waals surface area contributed by atoms with E-state index in [2.05, 4.69) is 60.5 Å². The molecule has 0 aliphatic carbocycles. The zero-order valence-electron chi connectivity index (χ0n) is 11.1. The molecule has 0 saturated carbocycles. The number of aromatic nitrogens is 1. The zero-order chi connectivity index (χ0) is 13.0. The van der Waals surface area contributed by atoms with Crippen LogP contribution < -0.4 is 10.2 Å². The summed E-state index contributed by atoms with van der Waals surface area (Å²) >= 11 is 0. The molecule has 0 amide bonds. The van der Waals surface area contributed by atoms with Crippen LogP contribution in [0, 0.1) is 0 Å². The predicted molar refractivity (Wildman–Crippen MR) is 77.0 cm³/mol. The maximum absolute atomic E-state index is 4.04. The zero-order valence-corrected chi connectivity index (χ0v) is 11.1. The molecular weight excluding hydrogens is 222 g/mol. The number of nitrogens with one attached hydrogen (secondary N) is 1. The summed E-state index contributed by atoms with van der Waals surface area (Å²) in [6.07, 6.45) is 3.65. The fourth-order valence-electron chi connectivity index (χ4n) is 1.95. The molecule has 1 N–H and O–H groups in total. The maximum atomic E-state index is 4.04. The largest absolute Gasteiger partial charge is 0.377 e. The Bertz CT molecular complexity index is 494. The van der Waals surface area contributed by atoms with Crippen molar-refractivity contribution in [3.05, 3.63) is 54.4 Å². The summed E-state index contributed by atoms with van der Waals surface area (Å²) in [4.78, 5) is 6.16. The van der Waals surface area contributed by atoms with Gasteiger partial charge in [0, 0.05) is 32.5 Å². The summed E-state index contributed by atoms with van der Waals surface area (Å²) < 4.78 is 0. The van der Waals surface area contributed by atoms with Gasteiger partial charge in [0.05, 0.1) is 11.4 Å². The minimum Gasteiger partial charge on any atom is -0.377 e. The molecule has 18 heavy (non-hydrogen) atoms. The Morgan fingerprint density at radius 3 is 2.39 bits per heavy atom. The lowest BCUT2D eigenvalue weighted by Gasteiger charge is -2.22. The van der Waals surface area contributed by atoms with Gasteiger partial charge in [0.25, 0.3) is 0 Å². The van der Waals surface area contributed by atoms with E-state index in [1.807, 2.05) is 24.5 Å². The van der Waals surface area contributed by atoms with Crippen molar-refractivity contribution in [1.29, 1.82) is 0 Å². The minimum absolute atomic E-state index is 0.258. The number of hydrogen-bond donors (Lipinski definition) is 1. The van der Waals surface area contributed by atoms with Gasteiger partial charge in [-0.3, -0.25) is 4.98 Å². The highest BCUT2D eigenvalue weighted by molar-refractivity contribution is 5.69. The van der Waals surface area contributed by atoms with Gasteiger partial charge in [0.1, 0.15) is 0 Å². The Hall–Kier alpha value is -2.03. The summed E-state index contributed by atoms with van der Waals surface area (Å²) in [5.74, 6) is 0. The van der Waals surface area contributed by atoms with E-state index in [-0.39, 0.29) is 6.04 Å². The Balaban J connectivity index is 2.19. The lowest BCUT2D eigenvalue weighted by molar-refractivity contribution is 0.879. The normalized spacial score (nSPS) is 11.9. The van der Waals surface area contributed by atoms with Gasteiger partial charge in [0.15, 0.2) is 0 Å². The summed E-state index contributed by atoms with van der Waals surface area (Å²) in [6.45, 7) is 2.15. The number of nitrogens with zero attached hydrogens (tertiary/aromatic N) is 2. The molecule has 0 bridgehead atoms. The number of benzene rings is 1. The van der Waals surface area contributed by atoms with Crippen molar-refractivity contribution < 1.29 is 0 Å². The van der Waals surface area contributed by atoms with E-state index < -0.39 is 0 Å². The Morgan fingerprint density at radius 2 is 1.72 bits per heavy atom. The molecule has 3 nitrogen and oxygen atoms in total. The number of para-hydroxylation sites is 2. The third-order valence-corrected chi connectivity index (χ3v) is 2.96. The van der Waals surface area contributed by atoms with Crippen LogP contribution in [0.4, 0.5) is 11.4 Å². The van der Waals surface area contributed by atoms with Crippen LogP contribution in [0.5, 0.6) is 0 Å². The first-order valence-electron chi connectivity index (χ1n) is 6.11. The topological polar surface area (TPSA) is 28.2 Å². The van der Waals surface area contributed by atoms with Crippen molar-refractivity contribution in [2.24, 2.45) is 0 Å². The molecule has 2 rings (SSSR count). The quantitative estimate of drug-likeness (QED) is 0.890. The van der Waals surface area contributed by atoms with E-state index >= 15 is 0 Å². The van der Waals surface area contributed by atoms with Gasteiger partial charge in [-0.1, -0.05) is 12.1 Å². The van der Waals surface area contributed by atoms with Crippen LogP contribution in [0.2, 0.25) is 0 Å². The van der Waals surface area contributed by atoms with Gasteiger partial charge in [0.2, 0.25) is 0 Å². The molecule has 1 heterocycles. The fourth-order valence-corrected chi connectivity index (χ4v) is 1.95. The molecule has 0 spiro atoms. The van der Waals surface area contributed by atoms with Gasteiger partial charge in [-0.15, -0.1) is 0 Å². The molecule has 0 aliphatic rings. The highest BCUT2D eigenvalue weighted by Crippen LogP contribution is 2.27. The summed E-state index contributed by atoms with van der Waals surface area (Å²) in [6, 6.07) is 12.7. The van der Waals surface area contributed by atoms with Crippen LogP contribution in [0.15, 0.2) is 48.8 Å². The molecule has 0 aliphatic heterocycles. The third kappa shape index (κ3) is 2.80. The van der Waals surface area contributed by atoms with Crippen molar-refractivity contribution in [2.45, 2.75) is 13.0 Å². The summed E-state index contributed by atoms with van der Waals surface area (Å²) in [5, 5.41) is 3.54. The second-order valence-electron chi connectivity index (χ2n) is 4.56. The third-order valence-electron chi connectivity index (χ3n) is 2.96. The lowest BCUT2D eigenvalue weighted by Crippen LogP contribution is -2.14. The van der Waals surface area contributed by atoms with Crippen molar-refractivity contribution in [2.75, 3.05) is 24.3 Å². The van der Waals surface area contributed by atoms with Crippen molar-refractivity contribution in [3.8, 4) is 0 Å². The van der Waals surface area contributed by atoms with Crippen LogP contribution in [-0.2, 0) is 0 Å². The van der Waals surface area contributed by atoms with E-state index in [4.69, 9.17) is 0 Å². The van der Waals surface area contributed by atoms with Crippen LogP contribution >= 0.6 is 0 Å². The van der Waals surface area contributed by atoms with Crippen LogP contribution in [0.1, 0.15) is 18.5 Å². The van der Waals surface area contributed by atoms with E-state index in [1.165, 1.54) is 11.3 Å². The first-order valence-corrected chi connectivity index (χ1v) is 6.11. The lowest BCUT2D eigenvalue weighted by atomic mass is 10.1. The van der Waals surface area contributed by atoms with E-state index in [1.54, 1.807) is 0 Å². The average molecular weight is 241 g/mol. The molecule has 1 unspecified atom stereocenters. The minimum atomic E-state index is 0.258. The molecule has 1 aromatic carbocycles. The second kappa shape index (κ2) is 5.54. The molecule has 0 saturated heterocycles. The first-order chi connectivity index (χ1) is 8.68. The van der Waals surface area contributed by atoms with Crippen molar-refractivity contribution >= 4 is 11.4 Å². The predicted octanol–water partition coefficient (Wildman–Crippen LogP) is 3.32. The number of pyridine rings is 1. The number of anilines is 2. The highest BCUT2D eigenvalue weighted by atomic mass is 15.1. The van der Waals surface area contributed by atoms with Gasteiger partial charge >= 0.3 is 0 Å². The van der Waals surface area contributed by atoms with E-state index in [0.717, 1.165) is 5.69 Å². The first kappa shape index (κ1) is 12.4. The van der Waals surface area contributed by atoms with Crippen LogP contribution in [0.3, 0.4) is 0 Å². The van der Waals surface area contributed by atoms with E-state index in [0.29, 0.717) is 0 Å². The Kier molecular flexibility index (Phi) is 3.82. The molecule has 0 fully saturated rings. The summed E-state index contributed by atoms with van der Waals surface area (Å²) in [5.41, 5.74) is 3.57. The molecule has 2 aromatic rings. The molecule has 94 valence electrons. The standard InChI is InChI=1S/C15H19N3/c1-12(13-8-10-16-11-9-13)17-14-6-4-5-7-15(14)18(2)3/h4-12,17H,1-3H3. The van der Waals surface area contributed by atoms with Gasteiger partial charge < -0.3 is 10.2 Å². The number of hydrogen-bond acceptors (Lipinski definition) is 3. The Morgan fingerprint density at radius 1 is 1.06 bits per heavy atom. The highest BCUT2D eigenvalue weighted by Gasteiger charge is 2.08. The number of rotatable bonds is 4. The van der Waals surface area contributed by atoms with Crippen molar-refractivity contribution in [1.82, 2.24) is 4.98 Å². The van der Waals surface area contributed by atoms with E-state index in [9.17, 15) is 0 Å². The SMILES string of the molecule is CC(Nc1ccccc1N(C)C)c1ccncc1. The fraction of sp³-hybridized carbons (Fsp3) is 0.267. The van der Waals surface area contributed by atoms with Crippen LogP contribution in [-0.4, -0.2) is 19.1 Å². The van der Waals surface area contributed by atoms with Gasteiger partial charge in [-0.25, -0.2) is 0 Å². The molecular formula is C15H19N3. The molecule has 1 aromatic heterocycles. The van der Waals surface area contributed by atoms with Crippen molar-refractivity contribution in [3.63, 3.8) is 0 Å². The molecule has 0 radical (unpaired) electrons. The van der Waals surface area contributed by atoms with Gasteiger partial charge in [-0.2, -0.15) is 0 Å². The second-order valence-corrected chi connectivity index (χ2v) is 4.56. The summed E-state index contributed by atoms with van der Waals surface area (Å²) in [7, 11) is 4.11. The van der Waals surface area contributed by atoms with Crippen LogP contribution in [0.25, 0.3) is 0 Å². The maximum Gasteiger partial charge on any atom is 0.0596 e. The smallest absolute Gasteiger partial charge is 0.0596 e. The molecule has 1 atom stereocenters. The van der Waals surface area contributed by atoms with Gasteiger partial charge in [-0.05, 0) is 36.8 Å². The Labute approximate surface area is 108 Å². The average Bonchev–Trinajstić information content (AvgIpc) is 2.40.